The van der Waals surface area contributed by atoms with Crippen LogP contribution in [0.3, 0.4) is 0 Å². The molecule has 4 rings (SSSR count). The molecular weight excluding hydrogens is 408 g/mol. The molecule has 6 nitrogen and oxygen atoms in total. The topological polar surface area (TPSA) is 113 Å². The van der Waals surface area contributed by atoms with Crippen molar-refractivity contribution >= 4 is 56.8 Å². The molecule has 160 valence electrons. The number of halogens is 1. The van der Waals surface area contributed by atoms with Gasteiger partial charge in [0, 0.05) is 40.3 Å². The molecule has 4 aromatic rings. The van der Waals surface area contributed by atoms with Gasteiger partial charge in [-0.15, -0.1) is 0 Å². The van der Waals surface area contributed by atoms with Gasteiger partial charge in [-0.25, -0.2) is 4.98 Å². The van der Waals surface area contributed by atoms with Crippen LogP contribution in [0.2, 0.25) is 5.02 Å². The molecule has 31 heavy (non-hydrogen) atoms. The average Bonchev–Trinajstić information content (AvgIpc) is 2.75. The number of aromatic nitrogens is 1. The van der Waals surface area contributed by atoms with Gasteiger partial charge in [-0.05, 0) is 73.5 Å². The molecule has 0 atom stereocenters. The molecule has 1 heterocycles. The highest BCUT2D eigenvalue weighted by Crippen LogP contribution is 2.34. The van der Waals surface area contributed by atoms with E-state index in [-0.39, 0.29) is 0 Å². The normalized spacial score (nSPS) is 10.5. The third-order valence-corrected chi connectivity index (χ3v) is 5.21. The van der Waals surface area contributed by atoms with Crippen LogP contribution in [0.1, 0.15) is 11.1 Å². The monoisotopic (exact) mass is 434 g/mol. The van der Waals surface area contributed by atoms with Crippen molar-refractivity contribution in [3.05, 3.63) is 70.7 Å². The first-order valence-corrected chi connectivity index (χ1v) is 10.4. The van der Waals surface area contributed by atoms with E-state index in [2.05, 4.69) is 60.5 Å². The fourth-order valence-corrected chi connectivity index (χ4v) is 3.54. The predicted octanol–water partition coefficient (Wildman–Crippen LogP) is 5.32. The van der Waals surface area contributed by atoms with Gasteiger partial charge in [0.15, 0.2) is 0 Å². The smallest absolute Gasteiger partial charge is 0.0765 e. The first-order valence-electron chi connectivity index (χ1n) is 9.98. The SMILES string of the molecule is Cc1ccc(Nc2ccc3nc4ccc(Cl)cc4c(NCCN)c3c2)cc1C.N=CN. The van der Waals surface area contributed by atoms with Crippen molar-refractivity contribution < 1.29 is 0 Å². The lowest BCUT2D eigenvalue weighted by atomic mass is 10.1. The molecule has 0 amide bonds. The summed E-state index contributed by atoms with van der Waals surface area (Å²) in [5.74, 6) is 0. The van der Waals surface area contributed by atoms with E-state index in [4.69, 9.17) is 27.7 Å². The van der Waals surface area contributed by atoms with Crippen LogP contribution in [0.5, 0.6) is 0 Å². The minimum Gasteiger partial charge on any atom is -0.390 e. The van der Waals surface area contributed by atoms with Crippen molar-refractivity contribution in [2.75, 3.05) is 23.7 Å². The van der Waals surface area contributed by atoms with Crippen molar-refractivity contribution in [2.24, 2.45) is 11.5 Å². The largest absolute Gasteiger partial charge is 0.390 e. The molecule has 7 heteroatoms. The van der Waals surface area contributed by atoms with Gasteiger partial charge >= 0.3 is 0 Å². The molecule has 3 aromatic carbocycles. The van der Waals surface area contributed by atoms with Gasteiger partial charge in [-0.2, -0.15) is 0 Å². The van der Waals surface area contributed by atoms with E-state index in [9.17, 15) is 0 Å². The molecule has 0 fully saturated rings. The summed E-state index contributed by atoms with van der Waals surface area (Å²) in [5, 5.41) is 15.6. The summed E-state index contributed by atoms with van der Waals surface area (Å²) in [4.78, 5) is 4.80. The number of nitrogens with two attached hydrogens (primary N) is 2. The molecule has 0 bridgehead atoms. The summed E-state index contributed by atoms with van der Waals surface area (Å²) in [6.45, 7) is 5.46. The van der Waals surface area contributed by atoms with Crippen LogP contribution in [0, 0.1) is 19.3 Å². The van der Waals surface area contributed by atoms with E-state index in [0.29, 0.717) is 18.1 Å². The second-order valence-electron chi connectivity index (χ2n) is 7.19. The highest BCUT2D eigenvalue weighted by atomic mass is 35.5. The number of hydrogen-bond acceptors (Lipinski definition) is 5. The highest BCUT2D eigenvalue weighted by molar-refractivity contribution is 6.31. The number of rotatable bonds is 5. The molecule has 0 radical (unpaired) electrons. The van der Waals surface area contributed by atoms with Gasteiger partial charge < -0.3 is 22.1 Å². The quantitative estimate of drug-likeness (QED) is 0.165. The van der Waals surface area contributed by atoms with Crippen LogP contribution in [0.15, 0.2) is 54.6 Å². The molecule has 1 aromatic heterocycles. The number of pyridine rings is 1. The van der Waals surface area contributed by atoms with E-state index < -0.39 is 0 Å². The minimum absolute atomic E-state index is 0.548. The van der Waals surface area contributed by atoms with Crippen LogP contribution in [0.25, 0.3) is 21.8 Å². The van der Waals surface area contributed by atoms with Crippen LogP contribution in [-0.4, -0.2) is 24.4 Å². The Morgan fingerprint density at radius 1 is 0.935 bits per heavy atom. The van der Waals surface area contributed by atoms with Gasteiger partial charge in [0.1, 0.15) is 0 Å². The van der Waals surface area contributed by atoms with Crippen molar-refractivity contribution in [1.29, 1.82) is 5.41 Å². The Bertz CT molecular complexity index is 1220. The second-order valence-corrected chi connectivity index (χ2v) is 7.62. The van der Waals surface area contributed by atoms with Crippen LogP contribution >= 0.6 is 11.6 Å². The Morgan fingerprint density at radius 2 is 1.55 bits per heavy atom. The summed E-state index contributed by atoms with van der Waals surface area (Å²) in [6, 6.07) is 18.4. The van der Waals surface area contributed by atoms with Gasteiger partial charge in [0.05, 0.1) is 23.1 Å². The molecule has 0 aliphatic heterocycles. The number of anilines is 3. The van der Waals surface area contributed by atoms with Gasteiger partial charge in [0.25, 0.3) is 0 Å². The Kier molecular flexibility index (Phi) is 7.28. The van der Waals surface area contributed by atoms with Crippen molar-refractivity contribution in [3.8, 4) is 0 Å². The van der Waals surface area contributed by atoms with Crippen molar-refractivity contribution in [3.63, 3.8) is 0 Å². The summed E-state index contributed by atoms with van der Waals surface area (Å²) >= 11 is 6.25. The zero-order valence-corrected chi connectivity index (χ0v) is 18.4. The van der Waals surface area contributed by atoms with E-state index in [1.807, 2.05) is 24.3 Å². The summed E-state index contributed by atoms with van der Waals surface area (Å²) in [5.41, 5.74) is 17.6. The first-order chi connectivity index (χ1) is 15.0. The molecular formula is C24H27ClN6. The third-order valence-electron chi connectivity index (χ3n) is 4.98. The predicted molar refractivity (Wildman–Crippen MR) is 134 cm³/mol. The lowest BCUT2D eigenvalue weighted by Crippen LogP contribution is -2.13. The Labute approximate surface area is 187 Å². The van der Waals surface area contributed by atoms with Gasteiger partial charge in [-0.1, -0.05) is 17.7 Å². The Morgan fingerprint density at radius 3 is 2.23 bits per heavy atom. The maximum absolute atomic E-state index is 6.25. The molecule has 0 aliphatic carbocycles. The Balaban J connectivity index is 0.000000858. The number of nitrogens with zero attached hydrogens (tertiary/aromatic N) is 1. The fraction of sp³-hybridized carbons (Fsp3) is 0.167. The Hall–Kier alpha value is -3.35. The summed E-state index contributed by atoms with van der Waals surface area (Å²) in [7, 11) is 0. The van der Waals surface area contributed by atoms with E-state index >= 15 is 0 Å². The second kappa shape index (κ2) is 10.1. The van der Waals surface area contributed by atoms with E-state index in [0.717, 1.165) is 45.2 Å². The molecule has 0 spiro atoms. The lowest BCUT2D eigenvalue weighted by molar-refractivity contribution is 1.03. The van der Waals surface area contributed by atoms with Crippen LogP contribution in [0.4, 0.5) is 17.1 Å². The van der Waals surface area contributed by atoms with Crippen LogP contribution < -0.4 is 22.1 Å². The zero-order valence-electron chi connectivity index (χ0n) is 17.7. The van der Waals surface area contributed by atoms with Gasteiger partial charge in [0.2, 0.25) is 0 Å². The average molecular weight is 435 g/mol. The molecule has 0 aliphatic rings. The summed E-state index contributed by atoms with van der Waals surface area (Å²) in [6.07, 6.45) is 0.750. The molecule has 7 N–H and O–H groups in total. The fourth-order valence-electron chi connectivity index (χ4n) is 3.37. The van der Waals surface area contributed by atoms with Gasteiger partial charge in [-0.3, -0.25) is 5.41 Å². The minimum atomic E-state index is 0.548. The zero-order chi connectivity index (χ0) is 22.4. The number of fused-ring (bicyclic) bond motifs is 2. The van der Waals surface area contributed by atoms with Crippen molar-refractivity contribution in [2.45, 2.75) is 13.8 Å². The highest BCUT2D eigenvalue weighted by Gasteiger charge is 2.11. The maximum Gasteiger partial charge on any atom is 0.0765 e. The first kappa shape index (κ1) is 22.3. The lowest BCUT2D eigenvalue weighted by Gasteiger charge is -2.15. The molecule has 0 saturated carbocycles. The third kappa shape index (κ3) is 5.23. The maximum atomic E-state index is 6.25. The van der Waals surface area contributed by atoms with E-state index in [1.165, 1.54) is 11.1 Å². The summed E-state index contributed by atoms with van der Waals surface area (Å²) < 4.78 is 0. The molecule has 0 unspecified atom stereocenters. The van der Waals surface area contributed by atoms with Crippen molar-refractivity contribution in [1.82, 2.24) is 4.98 Å². The van der Waals surface area contributed by atoms with E-state index in [1.54, 1.807) is 0 Å². The number of aryl methyl sites for hydroxylation is 2. The number of hydrogen-bond donors (Lipinski definition) is 5. The molecule has 0 saturated heterocycles. The number of nitrogens with one attached hydrogen (secondary N) is 3. The standard InChI is InChI=1S/C23H23ClN4.CH4N2/c1-14-3-5-17(11-15(14)2)27-18-6-8-22-20(13-18)23(26-10-9-25)19-12-16(24)4-7-21(19)28-22;2-1-3/h3-8,11-13,27H,9-10,25H2,1-2H3,(H,26,28);1H,(H3,2,3). The number of benzene rings is 3. The van der Waals surface area contributed by atoms with Crippen LogP contribution in [-0.2, 0) is 0 Å².